The smallest absolute Gasteiger partial charge is 0.290 e. The molecule has 0 aliphatic rings. The molecular weight excluding hydrogens is 196 g/mol. The largest absolute Gasteiger partial charge is 0.504 e. The van der Waals surface area contributed by atoms with Crippen LogP contribution in [0.1, 0.15) is 12.5 Å². The van der Waals surface area contributed by atoms with E-state index >= 15 is 0 Å². The van der Waals surface area contributed by atoms with E-state index in [-0.39, 0.29) is 12.2 Å². The molecule has 1 aromatic carbocycles. The summed E-state index contributed by atoms with van der Waals surface area (Å²) in [5.41, 5.74) is 1.02. The Morgan fingerprint density at radius 2 is 2.00 bits per heavy atom. The van der Waals surface area contributed by atoms with Crippen LogP contribution in [0.15, 0.2) is 24.3 Å². The monoisotopic (exact) mass is 210 g/mol. The molecule has 0 atom stereocenters. The number of hydrogen-bond acceptors (Lipinski definition) is 3. The Morgan fingerprint density at radius 3 is 2.47 bits per heavy atom. The predicted octanol–water partition coefficient (Wildman–Crippen LogP) is 2.13. The van der Waals surface area contributed by atoms with Gasteiger partial charge < -0.3 is 14.9 Å². The molecule has 82 valence electrons. The number of phenols is 1. The Hall–Kier alpha value is -1.97. The van der Waals surface area contributed by atoms with Gasteiger partial charge in [-0.1, -0.05) is 18.2 Å². The van der Waals surface area contributed by atoms with Crippen molar-refractivity contribution in [3.8, 4) is 11.5 Å². The lowest BCUT2D eigenvalue weighted by Gasteiger charge is -2.03. The molecule has 0 saturated carbocycles. The fourth-order valence-electron chi connectivity index (χ4n) is 0.990. The van der Waals surface area contributed by atoms with Gasteiger partial charge >= 0.3 is 0 Å². The molecule has 4 nitrogen and oxygen atoms in total. The zero-order valence-corrected chi connectivity index (χ0v) is 8.68. The molecule has 0 amide bonds. The zero-order valence-electron chi connectivity index (χ0n) is 8.68. The first-order chi connectivity index (χ1) is 7.19. The van der Waals surface area contributed by atoms with Crippen LogP contribution in [0.4, 0.5) is 0 Å². The molecule has 0 aromatic heterocycles. The molecule has 2 N–H and O–H groups in total. The van der Waals surface area contributed by atoms with Gasteiger partial charge in [-0.25, -0.2) is 0 Å². The van der Waals surface area contributed by atoms with Gasteiger partial charge in [-0.3, -0.25) is 4.79 Å². The quantitative estimate of drug-likeness (QED) is 0.734. The second kappa shape index (κ2) is 7.44. The lowest BCUT2D eigenvalue weighted by molar-refractivity contribution is -0.122. The highest BCUT2D eigenvalue weighted by Gasteiger charge is 1.99. The van der Waals surface area contributed by atoms with Gasteiger partial charge in [0.1, 0.15) is 0 Å². The third-order valence-corrected chi connectivity index (χ3v) is 1.56. The third-order valence-electron chi connectivity index (χ3n) is 1.56. The number of allylic oxidation sites excluding steroid dienone is 1. The van der Waals surface area contributed by atoms with Crippen molar-refractivity contribution >= 4 is 12.5 Å². The maximum Gasteiger partial charge on any atom is 0.290 e. The Morgan fingerprint density at radius 1 is 1.40 bits per heavy atom. The summed E-state index contributed by atoms with van der Waals surface area (Å²) >= 11 is 0. The van der Waals surface area contributed by atoms with Crippen LogP contribution in [-0.2, 0) is 4.79 Å². The Bertz CT molecular complexity index is 331. The van der Waals surface area contributed by atoms with Gasteiger partial charge in [-0.05, 0) is 24.6 Å². The number of benzene rings is 1. The molecule has 0 aliphatic heterocycles. The van der Waals surface area contributed by atoms with Gasteiger partial charge in [0.05, 0.1) is 7.11 Å². The van der Waals surface area contributed by atoms with Crippen molar-refractivity contribution in [2.75, 3.05) is 7.11 Å². The first kappa shape index (κ1) is 13.0. The minimum absolute atomic E-state index is 0.172. The lowest BCUT2D eigenvalue weighted by atomic mass is 10.2. The molecule has 0 aliphatic carbocycles. The van der Waals surface area contributed by atoms with E-state index in [0.29, 0.717) is 5.75 Å². The van der Waals surface area contributed by atoms with E-state index in [1.54, 1.807) is 12.1 Å². The molecule has 0 unspecified atom stereocenters. The maximum atomic E-state index is 9.25. The molecule has 0 fully saturated rings. The maximum absolute atomic E-state index is 9.25. The number of ether oxygens (including phenoxy) is 1. The Labute approximate surface area is 88.4 Å². The fraction of sp³-hybridized carbons (Fsp3) is 0.182. The summed E-state index contributed by atoms with van der Waals surface area (Å²) in [6, 6.07) is 5.24. The summed E-state index contributed by atoms with van der Waals surface area (Å²) in [6.07, 6.45) is 3.88. The van der Waals surface area contributed by atoms with Crippen LogP contribution in [0.2, 0.25) is 0 Å². The number of methoxy groups -OCH3 is 1. The summed E-state index contributed by atoms with van der Waals surface area (Å²) < 4.78 is 4.95. The highest BCUT2D eigenvalue weighted by Crippen LogP contribution is 2.26. The van der Waals surface area contributed by atoms with Crippen molar-refractivity contribution in [2.45, 2.75) is 6.92 Å². The van der Waals surface area contributed by atoms with E-state index in [1.807, 2.05) is 25.1 Å². The van der Waals surface area contributed by atoms with E-state index < -0.39 is 0 Å². The third kappa shape index (κ3) is 4.71. The van der Waals surface area contributed by atoms with Crippen molar-refractivity contribution in [3.05, 3.63) is 29.8 Å². The summed E-state index contributed by atoms with van der Waals surface area (Å²) in [5, 5.41) is 16.1. The first-order valence-electron chi connectivity index (χ1n) is 4.27. The average Bonchev–Trinajstić information content (AvgIpc) is 2.22. The minimum atomic E-state index is -0.250. The van der Waals surface area contributed by atoms with Gasteiger partial charge in [0.15, 0.2) is 11.5 Å². The van der Waals surface area contributed by atoms with E-state index in [1.165, 1.54) is 7.11 Å². The van der Waals surface area contributed by atoms with Crippen molar-refractivity contribution in [2.24, 2.45) is 0 Å². The number of rotatable bonds is 2. The molecule has 0 saturated heterocycles. The Kier molecular flexibility index (Phi) is 6.46. The molecule has 4 heteroatoms. The summed E-state index contributed by atoms with van der Waals surface area (Å²) in [6.45, 7) is 1.69. The topological polar surface area (TPSA) is 66.8 Å². The van der Waals surface area contributed by atoms with Gasteiger partial charge in [0.25, 0.3) is 6.47 Å². The second-order valence-corrected chi connectivity index (χ2v) is 2.54. The number of carboxylic acid groups (broad SMARTS) is 1. The molecule has 0 heterocycles. The molecular formula is C11H14O4. The second-order valence-electron chi connectivity index (χ2n) is 2.54. The van der Waals surface area contributed by atoms with Gasteiger partial charge in [-0.2, -0.15) is 0 Å². The van der Waals surface area contributed by atoms with Gasteiger partial charge in [0, 0.05) is 0 Å². The van der Waals surface area contributed by atoms with Gasteiger partial charge in [0.2, 0.25) is 0 Å². The molecule has 0 bridgehead atoms. The Balaban J connectivity index is 0.000000583. The van der Waals surface area contributed by atoms with Crippen LogP contribution in [0.3, 0.4) is 0 Å². The summed E-state index contributed by atoms with van der Waals surface area (Å²) in [4.78, 5) is 8.36. The van der Waals surface area contributed by atoms with Crippen molar-refractivity contribution < 1.29 is 19.7 Å². The fourth-order valence-corrected chi connectivity index (χ4v) is 0.990. The number of phenolic OH excluding ortho intramolecular Hbond substituents is 1. The first-order valence-corrected chi connectivity index (χ1v) is 4.27. The predicted molar refractivity (Wildman–Crippen MR) is 58.1 cm³/mol. The minimum Gasteiger partial charge on any atom is -0.504 e. The van der Waals surface area contributed by atoms with E-state index in [4.69, 9.17) is 14.6 Å². The van der Waals surface area contributed by atoms with E-state index in [2.05, 4.69) is 0 Å². The highest BCUT2D eigenvalue weighted by atomic mass is 16.5. The highest BCUT2D eigenvalue weighted by molar-refractivity contribution is 5.55. The van der Waals surface area contributed by atoms with E-state index in [9.17, 15) is 5.11 Å². The van der Waals surface area contributed by atoms with Crippen LogP contribution in [-0.4, -0.2) is 23.8 Å². The van der Waals surface area contributed by atoms with Crippen molar-refractivity contribution in [3.63, 3.8) is 0 Å². The van der Waals surface area contributed by atoms with Crippen LogP contribution in [0, 0.1) is 0 Å². The standard InChI is InChI=1S/C10H12O2.CH2O2/c1-3-4-8-5-6-9(11)10(7-8)12-2;2-1-3/h3-7,11H,1-2H3;1H,(H,2,3). The molecule has 0 radical (unpaired) electrons. The normalized spacial score (nSPS) is 9.20. The summed E-state index contributed by atoms with van der Waals surface area (Å²) in [7, 11) is 1.54. The summed E-state index contributed by atoms with van der Waals surface area (Å²) in [5.74, 6) is 0.677. The molecule has 0 spiro atoms. The SMILES string of the molecule is CC=Cc1ccc(O)c(OC)c1.O=CO. The number of hydrogen-bond donors (Lipinski definition) is 2. The molecule has 1 aromatic rings. The van der Waals surface area contributed by atoms with Crippen LogP contribution in [0.25, 0.3) is 6.08 Å². The van der Waals surface area contributed by atoms with Crippen molar-refractivity contribution in [1.82, 2.24) is 0 Å². The van der Waals surface area contributed by atoms with E-state index in [0.717, 1.165) is 5.56 Å². The van der Waals surface area contributed by atoms with Crippen LogP contribution < -0.4 is 4.74 Å². The average molecular weight is 210 g/mol. The lowest BCUT2D eigenvalue weighted by Crippen LogP contribution is -1.83. The number of aromatic hydroxyl groups is 1. The van der Waals surface area contributed by atoms with Crippen molar-refractivity contribution in [1.29, 1.82) is 0 Å². The zero-order chi connectivity index (χ0) is 11.7. The molecule has 1 rings (SSSR count). The number of carbonyl (C=O) groups is 1. The molecule has 15 heavy (non-hydrogen) atoms. The van der Waals surface area contributed by atoms with Gasteiger partial charge in [-0.15, -0.1) is 0 Å². The van der Waals surface area contributed by atoms with Crippen LogP contribution >= 0.6 is 0 Å². The van der Waals surface area contributed by atoms with Crippen LogP contribution in [0.5, 0.6) is 11.5 Å².